The zero-order chi connectivity index (χ0) is 12.3. The lowest BCUT2D eigenvalue weighted by Gasteiger charge is -2.18. The highest BCUT2D eigenvalue weighted by Crippen LogP contribution is 2.32. The zero-order valence-corrected chi connectivity index (χ0v) is 8.92. The van der Waals surface area contributed by atoms with Crippen molar-refractivity contribution in [3.05, 3.63) is 0 Å². The molecule has 0 N–H and O–H groups in total. The van der Waals surface area contributed by atoms with Gasteiger partial charge in [-0.05, 0) is 12.8 Å². The van der Waals surface area contributed by atoms with Crippen LogP contribution in [0.25, 0.3) is 0 Å². The number of hydrogen-bond acceptors (Lipinski definition) is 3. The number of nitrogens with zero attached hydrogens (tertiary/aromatic N) is 1. The summed E-state index contributed by atoms with van der Waals surface area (Å²) in [4.78, 5) is 23.4. The number of methoxy groups -OCH3 is 1. The van der Waals surface area contributed by atoms with E-state index in [0.29, 0.717) is 0 Å². The van der Waals surface area contributed by atoms with E-state index in [0.717, 1.165) is 12.0 Å². The normalized spacial score (nSPS) is 22.2. The number of likely N-dealkylation sites (tertiary alicyclic amines) is 1. The summed E-state index contributed by atoms with van der Waals surface area (Å²) in [7, 11) is 1.09. The summed E-state index contributed by atoms with van der Waals surface area (Å²) < 4.78 is 30.6. The maximum Gasteiger partial charge on any atom is 0.328 e. The van der Waals surface area contributed by atoms with Crippen LogP contribution in [-0.4, -0.2) is 42.4 Å². The molecule has 1 fully saturated rings. The second-order valence-electron chi connectivity index (χ2n) is 3.41. The lowest BCUT2D eigenvalue weighted by atomic mass is 10.2. The molecule has 1 aliphatic heterocycles. The number of rotatable bonds is 1. The van der Waals surface area contributed by atoms with Crippen LogP contribution in [0.1, 0.15) is 13.3 Å². The minimum absolute atomic E-state index is 0.712. The van der Waals surface area contributed by atoms with E-state index < -0.39 is 36.8 Å². The molecule has 1 rings (SSSR count). The van der Waals surface area contributed by atoms with Gasteiger partial charge in [0.05, 0.1) is 13.7 Å². The summed E-state index contributed by atoms with van der Waals surface area (Å²) >= 11 is 0. The van der Waals surface area contributed by atoms with Crippen LogP contribution in [0.5, 0.6) is 0 Å². The quantitative estimate of drug-likeness (QED) is 0.485. The third-order valence-corrected chi connectivity index (χ3v) is 2.24. The molecule has 0 aromatic heterocycles. The zero-order valence-electron chi connectivity index (χ0n) is 8.92. The van der Waals surface area contributed by atoms with Gasteiger partial charge in [-0.2, -0.15) is 0 Å². The average molecular weight is 231 g/mol. The highest BCUT2D eigenvalue weighted by Gasteiger charge is 2.50. The molecular formula is C10H11F2NO3. The standard InChI is InChI=1S/C10H11F2NO3/c1-3-4-8(14)13-6-10(11,12)5-7(13)9(15)16-2/h7H,5-6H2,1-2H3/t7-/m1/s1. The highest BCUT2D eigenvalue weighted by molar-refractivity contribution is 5.96. The number of ether oxygens (including phenoxy) is 1. The van der Waals surface area contributed by atoms with E-state index in [2.05, 4.69) is 16.6 Å². The minimum atomic E-state index is -3.07. The lowest BCUT2D eigenvalue weighted by Crippen LogP contribution is -2.40. The smallest absolute Gasteiger partial charge is 0.328 e. The monoisotopic (exact) mass is 231 g/mol. The van der Waals surface area contributed by atoms with Gasteiger partial charge in [0, 0.05) is 6.42 Å². The summed E-state index contributed by atoms with van der Waals surface area (Å²) in [6.45, 7) is 0.625. The van der Waals surface area contributed by atoms with E-state index in [1.165, 1.54) is 6.92 Å². The predicted octanol–water partition coefficient (Wildman–Crippen LogP) is 0.419. The Morgan fingerprint density at radius 2 is 2.12 bits per heavy atom. The molecule has 1 heterocycles. The molecule has 0 unspecified atom stereocenters. The van der Waals surface area contributed by atoms with E-state index in [-0.39, 0.29) is 0 Å². The van der Waals surface area contributed by atoms with Crippen molar-refractivity contribution in [1.29, 1.82) is 0 Å². The van der Waals surface area contributed by atoms with Crippen LogP contribution >= 0.6 is 0 Å². The first-order valence-electron chi connectivity index (χ1n) is 4.60. The molecule has 0 radical (unpaired) electrons. The van der Waals surface area contributed by atoms with Crippen LogP contribution in [-0.2, 0) is 14.3 Å². The third-order valence-electron chi connectivity index (χ3n) is 2.24. The number of carbonyl (C=O) groups excluding carboxylic acids is 2. The molecule has 4 nitrogen and oxygen atoms in total. The molecule has 0 bridgehead atoms. The summed E-state index contributed by atoms with van der Waals surface area (Å²) in [6.07, 6.45) is -0.712. The number of hydrogen-bond donors (Lipinski definition) is 0. The molecule has 6 heteroatoms. The van der Waals surface area contributed by atoms with Crippen LogP contribution in [0.4, 0.5) is 8.78 Å². The van der Waals surface area contributed by atoms with Gasteiger partial charge in [-0.3, -0.25) is 4.79 Å². The maximum absolute atomic E-state index is 13.1. The molecular weight excluding hydrogens is 220 g/mol. The molecule has 0 saturated carbocycles. The van der Waals surface area contributed by atoms with Crippen molar-refractivity contribution in [1.82, 2.24) is 4.90 Å². The summed E-state index contributed by atoms with van der Waals surface area (Å²) in [5.74, 6) is -0.251. The van der Waals surface area contributed by atoms with Gasteiger partial charge in [0.15, 0.2) is 0 Å². The molecule has 0 aliphatic carbocycles. The third kappa shape index (κ3) is 2.48. The van der Waals surface area contributed by atoms with E-state index in [1.807, 2.05) is 0 Å². The average Bonchev–Trinajstić information content (AvgIpc) is 2.54. The van der Waals surface area contributed by atoms with Crippen molar-refractivity contribution < 1.29 is 23.1 Å². The van der Waals surface area contributed by atoms with Gasteiger partial charge < -0.3 is 9.64 Å². The molecule has 88 valence electrons. The van der Waals surface area contributed by atoms with Crippen molar-refractivity contribution >= 4 is 11.9 Å². The second kappa shape index (κ2) is 4.47. The van der Waals surface area contributed by atoms with E-state index in [4.69, 9.17) is 0 Å². The van der Waals surface area contributed by atoms with E-state index in [1.54, 1.807) is 0 Å². The molecule has 0 spiro atoms. The fraction of sp³-hybridized carbons (Fsp3) is 0.600. The summed E-state index contributed by atoms with van der Waals surface area (Å²) in [5.41, 5.74) is 0. The Labute approximate surface area is 91.5 Å². The van der Waals surface area contributed by atoms with Crippen LogP contribution < -0.4 is 0 Å². The fourth-order valence-corrected chi connectivity index (χ4v) is 1.56. The molecule has 1 atom stereocenters. The number of amides is 1. The van der Waals surface area contributed by atoms with Gasteiger partial charge >= 0.3 is 5.97 Å². The van der Waals surface area contributed by atoms with Crippen molar-refractivity contribution in [3.8, 4) is 11.8 Å². The predicted molar refractivity (Wildman–Crippen MR) is 50.5 cm³/mol. The summed E-state index contributed by atoms with van der Waals surface area (Å²) in [5, 5.41) is 0. The number of carbonyl (C=O) groups is 2. The molecule has 1 saturated heterocycles. The largest absolute Gasteiger partial charge is 0.467 e. The van der Waals surface area contributed by atoms with Gasteiger partial charge in [-0.1, -0.05) is 5.92 Å². The number of esters is 1. The molecule has 16 heavy (non-hydrogen) atoms. The van der Waals surface area contributed by atoms with E-state index in [9.17, 15) is 18.4 Å². The SMILES string of the molecule is CC#CC(=O)N1CC(F)(F)C[C@@H]1C(=O)OC. The Kier molecular flexibility index (Phi) is 3.48. The molecule has 1 amide bonds. The lowest BCUT2D eigenvalue weighted by molar-refractivity contribution is -0.149. The Morgan fingerprint density at radius 3 is 2.62 bits per heavy atom. The summed E-state index contributed by atoms with van der Waals surface area (Å²) in [6, 6.07) is -1.24. The first kappa shape index (κ1) is 12.4. The van der Waals surface area contributed by atoms with Crippen molar-refractivity contribution in [3.63, 3.8) is 0 Å². The topological polar surface area (TPSA) is 46.6 Å². The van der Waals surface area contributed by atoms with E-state index >= 15 is 0 Å². The minimum Gasteiger partial charge on any atom is -0.467 e. The van der Waals surface area contributed by atoms with Gasteiger partial charge in [0.1, 0.15) is 6.04 Å². The van der Waals surface area contributed by atoms with Crippen molar-refractivity contribution in [2.24, 2.45) is 0 Å². The Morgan fingerprint density at radius 1 is 1.50 bits per heavy atom. The molecule has 1 aliphatic rings. The Bertz CT molecular complexity index is 370. The molecule has 0 aromatic carbocycles. The second-order valence-corrected chi connectivity index (χ2v) is 3.41. The fourth-order valence-electron chi connectivity index (χ4n) is 1.56. The highest BCUT2D eigenvalue weighted by atomic mass is 19.3. The Balaban J connectivity index is 2.91. The van der Waals surface area contributed by atoms with Gasteiger partial charge in [-0.15, -0.1) is 0 Å². The maximum atomic E-state index is 13.1. The number of alkyl halides is 2. The first-order chi connectivity index (χ1) is 7.41. The number of halogens is 2. The molecule has 0 aromatic rings. The van der Waals surface area contributed by atoms with Crippen molar-refractivity contribution in [2.45, 2.75) is 25.3 Å². The van der Waals surface area contributed by atoms with Gasteiger partial charge in [0.2, 0.25) is 0 Å². The van der Waals surface area contributed by atoms with Gasteiger partial charge in [0.25, 0.3) is 11.8 Å². The van der Waals surface area contributed by atoms with Crippen LogP contribution in [0.2, 0.25) is 0 Å². The van der Waals surface area contributed by atoms with Crippen LogP contribution in [0, 0.1) is 11.8 Å². The first-order valence-corrected chi connectivity index (χ1v) is 4.60. The Hall–Kier alpha value is -1.64. The van der Waals surface area contributed by atoms with Crippen LogP contribution in [0.3, 0.4) is 0 Å². The van der Waals surface area contributed by atoms with Crippen molar-refractivity contribution in [2.75, 3.05) is 13.7 Å². The van der Waals surface area contributed by atoms with Crippen LogP contribution in [0.15, 0.2) is 0 Å². The van der Waals surface area contributed by atoms with Gasteiger partial charge in [-0.25, -0.2) is 13.6 Å².